The van der Waals surface area contributed by atoms with Crippen LogP contribution < -0.4 is 9.64 Å². The summed E-state index contributed by atoms with van der Waals surface area (Å²) in [7, 11) is 0. The number of aromatic nitrogens is 1. The maximum absolute atomic E-state index is 13.2. The van der Waals surface area contributed by atoms with E-state index in [2.05, 4.69) is 4.98 Å². The molecular formula is C22H25N3O3. The van der Waals surface area contributed by atoms with Crippen molar-refractivity contribution in [2.75, 3.05) is 11.4 Å². The van der Waals surface area contributed by atoms with Gasteiger partial charge in [-0.15, -0.1) is 0 Å². The molecule has 2 aliphatic rings. The molecule has 28 heavy (non-hydrogen) atoms. The van der Waals surface area contributed by atoms with Crippen LogP contribution in [0.2, 0.25) is 0 Å². The largest absolute Gasteiger partial charge is 0.478 e. The fraction of sp³-hybridized carbons (Fsp3) is 0.409. The minimum atomic E-state index is -0.544. The molecule has 4 rings (SSSR count). The van der Waals surface area contributed by atoms with Crippen molar-refractivity contribution in [1.82, 2.24) is 9.88 Å². The molecular weight excluding hydrogens is 354 g/mol. The molecule has 1 atom stereocenters. The summed E-state index contributed by atoms with van der Waals surface area (Å²) in [4.78, 5) is 33.7. The molecule has 6 nitrogen and oxygen atoms in total. The molecule has 1 aliphatic carbocycles. The quantitative estimate of drug-likeness (QED) is 0.774. The number of amides is 2. The molecule has 0 radical (unpaired) electrons. The maximum Gasteiger partial charge on any atom is 0.268 e. The molecule has 0 saturated heterocycles. The van der Waals surface area contributed by atoms with E-state index in [0.29, 0.717) is 24.4 Å². The van der Waals surface area contributed by atoms with Crippen LogP contribution in [0.25, 0.3) is 0 Å². The van der Waals surface area contributed by atoms with E-state index in [0.717, 1.165) is 24.0 Å². The molecule has 2 aromatic rings. The van der Waals surface area contributed by atoms with E-state index in [-0.39, 0.29) is 24.4 Å². The number of nitrogens with zero attached hydrogens (tertiary/aromatic N) is 3. The SMILES string of the molecule is CC[C@@H]1Oc2ccc(C)cc2N(CC(=O)N(Cc2ccncc2)C2CC2)C1=O. The van der Waals surface area contributed by atoms with Gasteiger partial charge in [0.15, 0.2) is 6.10 Å². The van der Waals surface area contributed by atoms with Gasteiger partial charge in [-0.2, -0.15) is 0 Å². The van der Waals surface area contributed by atoms with Crippen molar-refractivity contribution in [3.05, 3.63) is 53.9 Å². The Morgan fingerprint density at radius 2 is 2.00 bits per heavy atom. The van der Waals surface area contributed by atoms with Gasteiger partial charge in [-0.25, -0.2) is 0 Å². The van der Waals surface area contributed by atoms with E-state index in [1.165, 1.54) is 0 Å². The van der Waals surface area contributed by atoms with Gasteiger partial charge in [0.25, 0.3) is 5.91 Å². The lowest BCUT2D eigenvalue weighted by molar-refractivity contribution is -0.134. The van der Waals surface area contributed by atoms with Gasteiger partial charge in [-0.1, -0.05) is 13.0 Å². The van der Waals surface area contributed by atoms with E-state index in [9.17, 15) is 9.59 Å². The van der Waals surface area contributed by atoms with Crippen LogP contribution >= 0.6 is 0 Å². The number of anilines is 1. The second-order valence-corrected chi connectivity index (χ2v) is 7.52. The Morgan fingerprint density at radius 3 is 2.68 bits per heavy atom. The number of ether oxygens (including phenoxy) is 1. The number of carbonyl (C=O) groups excluding carboxylic acids is 2. The highest BCUT2D eigenvalue weighted by molar-refractivity contribution is 6.04. The smallest absolute Gasteiger partial charge is 0.268 e. The molecule has 1 aromatic heterocycles. The van der Waals surface area contributed by atoms with E-state index >= 15 is 0 Å². The number of carbonyl (C=O) groups is 2. The summed E-state index contributed by atoms with van der Waals surface area (Å²) in [5, 5.41) is 0. The van der Waals surface area contributed by atoms with Crippen molar-refractivity contribution in [2.24, 2.45) is 0 Å². The molecule has 0 spiro atoms. The van der Waals surface area contributed by atoms with Gasteiger partial charge in [0.1, 0.15) is 12.3 Å². The summed E-state index contributed by atoms with van der Waals surface area (Å²) in [6.45, 7) is 4.47. The molecule has 1 saturated carbocycles. The monoisotopic (exact) mass is 379 g/mol. The van der Waals surface area contributed by atoms with Crippen molar-refractivity contribution in [2.45, 2.75) is 51.8 Å². The molecule has 146 valence electrons. The fourth-order valence-corrected chi connectivity index (χ4v) is 3.57. The molecule has 0 bridgehead atoms. The van der Waals surface area contributed by atoms with Crippen LogP contribution in [0, 0.1) is 6.92 Å². The highest BCUT2D eigenvalue weighted by Gasteiger charge is 2.38. The summed E-state index contributed by atoms with van der Waals surface area (Å²) in [6.07, 6.45) is 5.53. The molecule has 0 N–H and O–H groups in total. The maximum atomic E-state index is 13.2. The molecule has 1 fully saturated rings. The van der Waals surface area contributed by atoms with Gasteiger partial charge in [0.05, 0.1) is 5.69 Å². The number of fused-ring (bicyclic) bond motifs is 1. The van der Waals surface area contributed by atoms with Gasteiger partial charge < -0.3 is 9.64 Å². The molecule has 2 heterocycles. The lowest BCUT2D eigenvalue weighted by Gasteiger charge is -2.35. The summed E-state index contributed by atoms with van der Waals surface area (Å²) in [5.41, 5.74) is 2.76. The molecule has 0 unspecified atom stereocenters. The second kappa shape index (κ2) is 7.62. The third-order valence-electron chi connectivity index (χ3n) is 5.29. The second-order valence-electron chi connectivity index (χ2n) is 7.52. The number of rotatable bonds is 6. The number of hydrogen-bond donors (Lipinski definition) is 0. The Morgan fingerprint density at radius 1 is 1.25 bits per heavy atom. The lowest BCUT2D eigenvalue weighted by atomic mass is 10.1. The van der Waals surface area contributed by atoms with Crippen LogP contribution in [0.5, 0.6) is 5.75 Å². The van der Waals surface area contributed by atoms with E-state index in [1.54, 1.807) is 17.3 Å². The first kappa shape index (κ1) is 18.5. The molecule has 2 amide bonds. The van der Waals surface area contributed by atoms with E-state index < -0.39 is 6.10 Å². The minimum absolute atomic E-state index is 0.0307. The van der Waals surface area contributed by atoms with Crippen LogP contribution in [-0.4, -0.2) is 40.4 Å². The lowest BCUT2D eigenvalue weighted by Crippen LogP contribution is -2.50. The Bertz CT molecular complexity index is 880. The first-order valence-corrected chi connectivity index (χ1v) is 9.84. The predicted octanol–water partition coefficient (Wildman–Crippen LogP) is 3.09. The zero-order chi connectivity index (χ0) is 19.7. The first-order valence-electron chi connectivity index (χ1n) is 9.84. The minimum Gasteiger partial charge on any atom is -0.478 e. The van der Waals surface area contributed by atoms with Crippen LogP contribution in [0.1, 0.15) is 37.3 Å². The topological polar surface area (TPSA) is 62.7 Å². The molecule has 1 aliphatic heterocycles. The van der Waals surface area contributed by atoms with Crippen molar-refractivity contribution < 1.29 is 14.3 Å². The average molecular weight is 379 g/mol. The number of benzene rings is 1. The Kier molecular flexibility index (Phi) is 5.03. The molecule has 1 aromatic carbocycles. The standard InChI is InChI=1S/C22H25N3O3/c1-3-19-22(27)25(18-12-15(2)4-7-20(18)28-19)14-21(26)24(17-5-6-17)13-16-8-10-23-11-9-16/h4,7-12,17,19H,3,5-6,13-14H2,1-2H3/t19-/m0/s1. The third kappa shape index (κ3) is 3.72. The average Bonchev–Trinajstić information content (AvgIpc) is 3.54. The van der Waals surface area contributed by atoms with E-state index in [1.807, 2.05) is 49.1 Å². The first-order chi connectivity index (χ1) is 13.6. The third-order valence-corrected chi connectivity index (χ3v) is 5.29. The van der Waals surface area contributed by atoms with Crippen molar-refractivity contribution in [1.29, 1.82) is 0 Å². The van der Waals surface area contributed by atoms with Crippen LogP contribution in [0.15, 0.2) is 42.7 Å². The Balaban J connectivity index is 1.58. The molecule has 6 heteroatoms. The Labute approximate surface area is 165 Å². The summed E-state index contributed by atoms with van der Waals surface area (Å²) >= 11 is 0. The predicted molar refractivity (Wildman–Crippen MR) is 106 cm³/mol. The summed E-state index contributed by atoms with van der Waals surface area (Å²) in [6, 6.07) is 9.86. The van der Waals surface area contributed by atoms with Crippen LogP contribution in [-0.2, 0) is 16.1 Å². The van der Waals surface area contributed by atoms with Crippen LogP contribution in [0.3, 0.4) is 0 Å². The van der Waals surface area contributed by atoms with Gasteiger partial charge >= 0.3 is 0 Å². The number of hydrogen-bond acceptors (Lipinski definition) is 4. The van der Waals surface area contributed by atoms with E-state index in [4.69, 9.17) is 4.74 Å². The van der Waals surface area contributed by atoms with Crippen molar-refractivity contribution in [3.63, 3.8) is 0 Å². The van der Waals surface area contributed by atoms with Gasteiger partial charge in [0, 0.05) is 25.0 Å². The highest BCUT2D eigenvalue weighted by atomic mass is 16.5. The van der Waals surface area contributed by atoms with Gasteiger partial charge in [-0.3, -0.25) is 19.5 Å². The van der Waals surface area contributed by atoms with Crippen molar-refractivity contribution >= 4 is 17.5 Å². The summed E-state index contributed by atoms with van der Waals surface area (Å²) < 4.78 is 5.85. The zero-order valence-corrected chi connectivity index (χ0v) is 16.3. The number of aryl methyl sites for hydroxylation is 1. The fourth-order valence-electron chi connectivity index (χ4n) is 3.57. The normalized spacial score (nSPS) is 18.4. The summed E-state index contributed by atoms with van der Waals surface area (Å²) in [5.74, 6) is 0.488. The van der Waals surface area contributed by atoms with Gasteiger partial charge in [-0.05, 0) is 61.6 Å². The van der Waals surface area contributed by atoms with Crippen LogP contribution in [0.4, 0.5) is 5.69 Å². The van der Waals surface area contributed by atoms with Gasteiger partial charge in [0.2, 0.25) is 5.91 Å². The number of pyridine rings is 1. The zero-order valence-electron chi connectivity index (χ0n) is 16.3. The Hall–Kier alpha value is -2.89. The van der Waals surface area contributed by atoms with Crippen molar-refractivity contribution in [3.8, 4) is 5.75 Å². The highest BCUT2D eigenvalue weighted by Crippen LogP contribution is 2.36.